The summed E-state index contributed by atoms with van der Waals surface area (Å²) in [6.45, 7) is 1.54. The third-order valence-electron chi connectivity index (χ3n) is 3.73. The summed E-state index contributed by atoms with van der Waals surface area (Å²) < 4.78 is 0. The molecule has 1 amide bonds. The molecule has 1 aliphatic heterocycles. The van der Waals surface area contributed by atoms with Gasteiger partial charge < -0.3 is 10.6 Å². The quantitative estimate of drug-likeness (QED) is 0.647. The Morgan fingerprint density at radius 1 is 1.28 bits per heavy atom. The van der Waals surface area contributed by atoms with Gasteiger partial charge in [0.1, 0.15) is 5.84 Å². The number of hydrogen-bond donors (Lipinski definition) is 2. The maximum atomic E-state index is 12.6. The Bertz CT molecular complexity index is 867. The number of benzene rings is 2. The molecule has 3 rings (SSSR count). The van der Waals surface area contributed by atoms with Crippen LogP contribution in [0.1, 0.15) is 22.3 Å². The number of para-hydroxylation sites is 1. The van der Waals surface area contributed by atoms with Crippen molar-refractivity contribution in [3.63, 3.8) is 0 Å². The Hall–Kier alpha value is -2.93. The molecular weight excluding hydrogens is 344 g/mol. The summed E-state index contributed by atoms with van der Waals surface area (Å²) >= 11 is 6.03. The molecule has 25 heavy (non-hydrogen) atoms. The van der Waals surface area contributed by atoms with E-state index in [9.17, 15) is 14.9 Å². The van der Waals surface area contributed by atoms with Gasteiger partial charge in [-0.3, -0.25) is 19.9 Å². The van der Waals surface area contributed by atoms with E-state index >= 15 is 0 Å². The second-order valence-corrected chi connectivity index (χ2v) is 5.84. The lowest BCUT2D eigenvalue weighted by Crippen LogP contribution is -2.31. The van der Waals surface area contributed by atoms with E-state index in [4.69, 9.17) is 11.6 Å². The Labute approximate surface area is 148 Å². The third-order valence-corrected chi connectivity index (χ3v) is 4.06. The van der Waals surface area contributed by atoms with Crippen LogP contribution in [-0.2, 0) is 0 Å². The molecule has 0 spiro atoms. The van der Waals surface area contributed by atoms with Crippen molar-refractivity contribution in [1.29, 1.82) is 0 Å². The number of nitrogens with zero attached hydrogens (tertiary/aromatic N) is 2. The van der Waals surface area contributed by atoms with Crippen molar-refractivity contribution in [3.05, 3.63) is 68.7 Å². The van der Waals surface area contributed by atoms with Crippen LogP contribution in [0.3, 0.4) is 0 Å². The zero-order chi connectivity index (χ0) is 17.8. The number of halogens is 1. The highest BCUT2D eigenvalue weighted by molar-refractivity contribution is 6.34. The summed E-state index contributed by atoms with van der Waals surface area (Å²) in [5.41, 5.74) is 1.17. The predicted octanol–water partition coefficient (Wildman–Crippen LogP) is 3.24. The highest BCUT2D eigenvalue weighted by atomic mass is 35.5. The van der Waals surface area contributed by atoms with Crippen LogP contribution in [0, 0.1) is 10.1 Å². The van der Waals surface area contributed by atoms with E-state index in [2.05, 4.69) is 15.6 Å². The topological polar surface area (TPSA) is 96.6 Å². The number of amidine groups is 1. The molecular formula is C17H15ClN4O3. The molecule has 0 bridgehead atoms. The average molecular weight is 359 g/mol. The lowest BCUT2D eigenvalue weighted by molar-refractivity contribution is -0.384. The van der Waals surface area contributed by atoms with Crippen LogP contribution in [0.15, 0.2) is 47.5 Å². The first-order valence-corrected chi connectivity index (χ1v) is 8.07. The molecule has 0 saturated heterocycles. The number of hydrogen-bond acceptors (Lipinski definition) is 5. The van der Waals surface area contributed by atoms with Gasteiger partial charge in [0.2, 0.25) is 0 Å². The Balaban J connectivity index is 1.91. The van der Waals surface area contributed by atoms with Gasteiger partial charge >= 0.3 is 0 Å². The van der Waals surface area contributed by atoms with Gasteiger partial charge in [0, 0.05) is 30.8 Å². The fraction of sp³-hybridized carbons (Fsp3) is 0.176. The van der Waals surface area contributed by atoms with Crippen molar-refractivity contribution in [2.75, 3.05) is 18.4 Å². The molecule has 0 saturated carbocycles. The van der Waals surface area contributed by atoms with Gasteiger partial charge in [0.15, 0.2) is 0 Å². The van der Waals surface area contributed by atoms with E-state index < -0.39 is 10.8 Å². The van der Waals surface area contributed by atoms with E-state index in [1.807, 2.05) is 12.1 Å². The Morgan fingerprint density at radius 2 is 2.08 bits per heavy atom. The van der Waals surface area contributed by atoms with Crippen LogP contribution < -0.4 is 10.6 Å². The smallest absolute Gasteiger partial charge is 0.270 e. The minimum absolute atomic E-state index is 0.0456. The van der Waals surface area contributed by atoms with Crippen LogP contribution >= 0.6 is 11.6 Å². The largest absolute Gasteiger partial charge is 0.370 e. The number of carbonyl (C=O) groups excluding carboxylic acids is 1. The van der Waals surface area contributed by atoms with Gasteiger partial charge in [-0.15, -0.1) is 0 Å². The molecule has 0 atom stereocenters. The maximum Gasteiger partial charge on any atom is 0.270 e. The van der Waals surface area contributed by atoms with Crippen molar-refractivity contribution in [2.24, 2.45) is 4.99 Å². The number of rotatable bonds is 4. The van der Waals surface area contributed by atoms with Crippen molar-refractivity contribution < 1.29 is 9.72 Å². The van der Waals surface area contributed by atoms with E-state index in [1.165, 1.54) is 12.1 Å². The number of anilines is 1. The normalized spacial score (nSPS) is 13.6. The molecule has 2 N–H and O–H groups in total. The van der Waals surface area contributed by atoms with E-state index in [-0.39, 0.29) is 16.3 Å². The maximum absolute atomic E-state index is 12.6. The minimum atomic E-state index is -0.568. The van der Waals surface area contributed by atoms with E-state index in [0.29, 0.717) is 11.5 Å². The van der Waals surface area contributed by atoms with Gasteiger partial charge in [-0.05, 0) is 24.6 Å². The second-order valence-electron chi connectivity index (χ2n) is 5.43. The molecule has 128 valence electrons. The van der Waals surface area contributed by atoms with Gasteiger partial charge in [-0.1, -0.05) is 23.7 Å². The number of nitro benzene ring substituents is 1. The molecule has 0 fully saturated rings. The first-order chi connectivity index (χ1) is 12.1. The highest BCUT2D eigenvalue weighted by Crippen LogP contribution is 2.24. The molecule has 0 aromatic heterocycles. The second kappa shape index (κ2) is 7.31. The summed E-state index contributed by atoms with van der Waals surface area (Å²) in [5.74, 6) is 0.199. The molecule has 1 aliphatic rings. The summed E-state index contributed by atoms with van der Waals surface area (Å²) in [6, 6.07) is 11.0. The zero-order valence-corrected chi connectivity index (χ0v) is 13.9. The first-order valence-electron chi connectivity index (χ1n) is 7.69. The lowest BCUT2D eigenvalue weighted by atomic mass is 10.1. The molecule has 8 heteroatoms. The predicted molar refractivity (Wildman–Crippen MR) is 96.5 cm³/mol. The fourth-order valence-corrected chi connectivity index (χ4v) is 2.71. The number of non-ortho nitro benzene ring substituents is 1. The van der Waals surface area contributed by atoms with Crippen molar-refractivity contribution in [2.45, 2.75) is 6.42 Å². The van der Waals surface area contributed by atoms with E-state index in [0.717, 1.165) is 31.1 Å². The number of carbonyl (C=O) groups is 1. The van der Waals surface area contributed by atoms with Crippen LogP contribution in [0.25, 0.3) is 0 Å². The van der Waals surface area contributed by atoms with Crippen molar-refractivity contribution in [3.8, 4) is 0 Å². The SMILES string of the molecule is O=C(Nc1ccccc1C1=NCCCN1)c1cc([N+](=O)[O-])ccc1Cl. The number of nitro groups is 1. The van der Waals surface area contributed by atoms with Crippen LogP contribution in [0.2, 0.25) is 5.02 Å². The Kier molecular flexibility index (Phi) is 4.95. The fourth-order valence-electron chi connectivity index (χ4n) is 2.50. The van der Waals surface area contributed by atoms with Gasteiger partial charge in [0.05, 0.1) is 21.2 Å². The average Bonchev–Trinajstić information content (AvgIpc) is 2.63. The highest BCUT2D eigenvalue weighted by Gasteiger charge is 2.18. The number of amides is 1. The third kappa shape index (κ3) is 3.77. The first kappa shape index (κ1) is 16.9. The van der Waals surface area contributed by atoms with Gasteiger partial charge in [-0.25, -0.2) is 0 Å². The molecule has 2 aromatic carbocycles. The summed E-state index contributed by atoms with van der Waals surface area (Å²) in [4.78, 5) is 27.3. The minimum Gasteiger partial charge on any atom is -0.370 e. The van der Waals surface area contributed by atoms with E-state index in [1.54, 1.807) is 12.1 Å². The number of nitrogens with one attached hydrogen (secondary N) is 2. The molecule has 2 aromatic rings. The molecule has 0 aliphatic carbocycles. The van der Waals surface area contributed by atoms with Gasteiger partial charge in [0.25, 0.3) is 11.6 Å². The molecule has 0 unspecified atom stereocenters. The standard InChI is InChI=1S/C17H15ClN4O3/c18-14-7-6-11(22(24)25)10-13(14)17(23)21-15-5-2-1-4-12(15)16-19-8-3-9-20-16/h1-2,4-7,10H,3,8-9H2,(H,19,20)(H,21,23). The van der Waals surface area contributed by atoms with Crippen LogP contribution in [0.5, 0.6) is 0 Å². The summed E-state index contributed by atoms with van der Waals surface area (Å²) in [7, 11) is 0. The zero-order valence-electron chi connectivity index (χ0n) is 13.2. The number of aliphatic imine (C=N–C) groups is 1. The lowest BCUT2D eigenvalue weighted by Gasteiger charge is -2.18. The molecule has 1 heterocycles. The monoisotopic (exact) mass is 358 g/mol. The van der Waals surface area contributed by atoms with Crippen LogP contribution in [0.4, 0.5) is 11.4 Å². The summed E-state index contributed by atoms with van der Waals surface area (Å²) in [6.07, 6.45) is 0.960. The Morgan fingerprint density at radius 3 is 2.80 bits per heavy atom. The van der Waals surface area contributed by atoms with Crippen molar-refractivity contribution >= 4 is 34.7 Å². The van der Waals surface area contributed by atoms with Crippen molar-refractivity contribution in [1.82, 2.24) is 5.32 Å². The van der Waals surface area contributed by atoms with Crippen LogP contribution in [-0.4, -0.2) is 29.8 Å². The summed E-state index contributed by atoms with van der Waals surface area (Å²) in [5, 5.41) is 17.0. The molecule has 0 radical (unpaired) electrons. The van der Waals surface area contributed by atoms with Gasteiger partial charge in [-0.2, -0.15) is 0 Å². The molecule has 7 nitrogen and oxygen atoms in total.